The number of rotatable bonds is 4. The van der Waals surface area contributed by atoms with Crippen molar-refractivity contribution in [2.24, 2.45) is 0 Å². The maximum atomic E-state index is 13.4. The summed E-state index contributed by atoms with van der Waals surface area (Å²) in [5.74, 6) is -3.77. The zero-order chi connectivity index (χ0) is 13.8. The van der Waals surface area contributed by atoms with Crippen LogP contribution in [0.3, 0.4) is 0 Å². The highest BCUT2D eigenvalue weighted by molar-refractivity contribution is 6.12. The number of ketones is 2. The van der Waals surface area contributed by atoms with Crippen molar-refractivity contribution in [3.8, 4) is 0 Å². The zero-order valence-electron chi connectivity index (χ0n) is 9.64. The molecular weight excluding hydrogens is 254 g/mol. The van der Waals surface area contributed by atoms with Gasteiger partial charge in [0, 0.05) is 12.4 Å². The third-order valence-electron chi connectivity index (χ3n) is 2.38. The highest BCUT2D eigenvalue weighted by Gasteiger charge is 2.21. The lowest BCUT2D eigenvalue weighted by atomic mass is 10.0. The first-order valence-corrected chi connectivity index (χ1v) is 5.37. The van der Waals surface area contributed by atoms with Crippen LogP contribution in [0.1, 0.15) is 27.4 Å². The first kappa shape index (κ1) is 12.9. The normalized spacial score (nSPS) is 10.2. The molecule has 0 unspecified atom stereocenters. The van der Waals surface area contributed by atoms with Crippen molar-refractivity contribution in [2.45, 2.75) is 6.42 Å². The second kappa shape index (κ2) is 5.43. The molecule has 2 aromatic rings. The summed E-state index contributed by atoms with van der Waals surface area (Å²) in [7, 11) is 0. The molecule has 96 valence electrons. The van der Waals surface area contributed by atoms with Gasteiger partial charge < -0.3 is 0 Å². The number of Topliss-reactive ketones (excluding diaryl/α,β-unsaturated/α-hetero) is 2. The summed E-state index contributed by atoms with van der Waals surface area (Å²) >= 11 is 0. The highest BCUT2D eigenvalue weighted by atomic mass is 19.1. The number of halogens is 2. The van der Waals surface area contributed by atoms with E-state index in [1.807, 2.05) is 0 Å². The highest BCUT2D eigenvalue weighted by Crippen LogP contribution is 2.15. The minimum Gasteiger partial charge on any atom is -0.293 e. The molecule has 0 saturated carbocycles. The van der Waals surface area contributed by atoms with Crippen molar-refractivity contribution in [1.82, 2.24) is 9.97 Å². The first-order valence-electron chi connectivity index (χ1n) is 5.37. The molecule has 1 aromatic carbocycles. The molecule has 0 aliphatic rings. The second-order valence-electron chi connectivity index (χ2n) is 3.69. The minimum absolute atomic E-state index is 0.160. The fourth-order valence-corrected chi connectivity index (χ4v) is 1.52. The Morgan fingerprint density at radius 1 is 0.947 bits per heavy atom. The van der Waals surface area contributed by atoms with Crippen molar-refractivity contribution < 1.29 is 18.4 Å². The third-order valence-corrected chi connectivity index (χ3v) is 2.38. The van der Waals surface area contributed by atoms with E-state index in [4.69, 9.17) is 0 Å². The Morgan fingerprint density at radius 3 is 2.11 bits per heavy atom. The minimum atomic E-state index is -0.994. The monoisotopic (exact) mass is 262 g/mol. The summed E-state index contributed by atoms with van der Waals surface area (Å²) in [4.78, 5) is 30.7. The van der Waals surface area contributed by atoms with Crippen LogP contribution in [0.15, 0.2) is 36.7 Å². The lowest BCUT2D eigenvalue weighted by molar-refractivity contribution is 0.0884. The molecular formula is C13H8F2N2O2. The van der Waals surface area contributed by atoms with Gasteiger partial charge in [0.15, 0.2) is 11.6 Å². The fourth-order valence-electron chi connectivity index (χ4n) is 1.52. The maximum Gasteiger partial charge on any atom is 0.207 e. The topological polar surface area (TPSA) is 59.9 Å². The number of carbonyl (C=O) groups excluding carboxylic acids is 2. The van der Waals surface area contributed by atoms with Crippen molar-refractivity contribution in [3.05, 3.63) is 59.7 Å². The van der Waals surface area contributed by atoms with Gasteiger partial charge in [-0.3, -0.25) is 9.59 Å². The molecule has 0 saturated heterocycles. The van der Waals surface area contributed by atoms with E-state index in [9.17, 15) is 18.4 Å². The van der Waals surface area contributed by atoms with Gasteiger partial charge >= 0.3 is 0 Å². The van der Waals surface area contributed by atoms with Crippen molar-refractivity contribution in [2.75, 3.05) is 0 Å². The number of benzene rings is 1. The first-order chi connectivity index (χ1) is 9.09. The second-order valence-corrected chi connectivity index (χ2v) is 3.69. The van der Waals surface area contributed by atoms with E-state index in [1.54, 1.807) is 0 Å². The molecule has 0 aliphatic carbocycles. The Morgan fingerprint density at radius 2 is 1.53 bits per heavy atom. The van der Waals surface area contributed by atoms with E-state index >= 15 is 0 Å². The van der Waals surface area contributed by atoms with Crippen LogP contribution in [0, 0.1) is 11.6 Å². The summed E-state index contributed by atoms with van der Waals surface area (Å²) in [6, 6.07) is 4.57. The molecule has 6 heteroatoms. The van der Waals surface area contributed by atoms with E-state index in [0.717, 1.165) is 18.2 Å². The van der Waals surface area contributed by atoms with E-state index < -0.39 is 35.2 Å². The van der Waals surface area contributed by atoms with Gasteiger partial charge in [0.25, 0.3) is 0 Å². The molecule has 2 rings (SSSR count). The Balaban J connectivity index is 2.21. The molecule has 19 heavy (non-hydrogen) atoms. The molecule has 0 radical (unpaired) electrons. The number of carbonyl (C=O) groups is 2. The average Bonchev–Trinajstić information content (AvgIpc) is 2.39. The Kier molecular flexibility index (Phi) is 3.70. The fraction of sp³-hybridized carbons (Fsp3) is 0.0769. The standard InChI is InChI=1S/C13H8F2N2O2/c14-8-3-1-4-9(15)12(8)10(18)7-11(19)13-16-5-2-6-17-13/h1-6H,7H2. The van der Waals surface area contributed by atoms with Gasteiger partial charge in [-0.2, -0.15) is 0 Å². The quantitative estimate of drug-likeness (QED) is 0.626. The number of hydrogen-bond donors (Lipinski definition) is 0. The predicted molar refractivity (Wildman–Crippen MR) is 61.7 cm³/mol. The molecule has 0 N–H and O–H groups in total. The van der Waals surface area contributed by atoms with Gasteiger partial charge in [-0.15, -0.1) is 0 Å². The van der Waals surface area contributed by atoms with Crippen LogP contribution in [0.4, 0.5) is 8.78 Å². The number of hydrogen-bond acceptors (Lipinski definition) is 4. The van der Waals surface area contributed by atoms with E-state index in [2.05, 4.69) is 9.97 Å². The van der Waals surface area contributed by atoms with Crippen LogP contribution < -0.4 is 0 Å². The maximum absolute atomic E-state index is 13.4. The molecule has 0 aliphatic heterocycles. The predicted octanol–water partition coefficient (Wildman–Crippen LogP) is 2.21. The van der Waals surface area contributed by atoms with Crippen LogP contribution in [-0.4, -0.2) is 21.5 Å². The van der Waals surface area contributed by atoms with Gasteiger partial charge in [0.05, 0.1) is 12.0 Å². The van der Waals surface area contributed by atoms with Gasteiger partial charge in [-0.05, 0) is 18.2 Å². The van der Waals surface area contributed by atoms with Crippen molar-refractivity contribution in [3.63, 3.8) is 0 Å². The van der Waals surface area contributed by atoms with Gasteiger partial charge in [0.1, 0.15) is 11.6 Å². The Labute approximate surface area is 107 Å². The molecule has 1 heterocycles. The lowest BCUT2D eigenvalue weighted by Gasteiger charge is -2.03. The van der Waals surface area contributed by atoms with Crippen LogP contribution >= 0.6 is 0 Å². The molecule has 0 atom stereocenters. The number of nitrogens with zero attached hydrogens (tertiary/aromatic N) is 2. The SMILES string of the molecule is O=C(CC(=O)c1c(F)cccc1F)c1ncccn1. The average molecular weight is 262 g/mol. The molecule has 0 spiro atoms. The summed E-state index contributed by atoms with van der Waals surface area (Å²) in [5, 5.41) is 0. The summed E-state index contributed by atoms with van der Waals surface area (Å²) in [6.45, 7) is 0. The Hall–Kier alpha value is -2.50. The summed E-state index contributed by atoms with van der Waals surface area (Å²) in [5.41, 5.74) is -0.716. The van der Waals surface area contributed by atoms with Crippen LogP contribution in [-0.2, 0) is 0 Å². The van der Waals surface area contributed by atoms with Gasteiger partial charge in [0.2, 0.25) is 5.78 Å². The summed E-state index contributed by atoms with van der Waals surface area (Å²) in [6.07, 6.45) is 2.00. The molecule has 0 fully saturated rings. The van der Waals surface area contributed by atoms with Crippen LogP contribution in [0.2, 0.25) is 0 Å². The molecule has 1 aromatic heterocycles. The van der Waals surface area contributed by atoms with E-state index in [1.165, 1.54) is 18.5 Å². The van der Waals surface area contributed by atoms with Crippen LogP contribution in [0.25, 0.3) is 0 Å². The molecule has 0 bridgehead atoms. The Bertz CT molecular complexity index is 610. The van der Waals surface area contributed by atoms with E-state index in [0.29, 0.717) is 0 Å². The number of aromatic nitrogens is 2. The van der Waals surface area contributed by atoms with Gasteiger partial charge in [-0.1, -0.05) is 6.07 Å². The largest absolute Gasteiger partial charge is 0.293 e. The van der Waals surface area contributed by atoms with Crippen molar-refractivity contribution in [1.29, 1.82) is 0 Å². The molecule has 0 amide bonds. The third kappa shape index (κ3) is 2.85. The van der Waals surface area contributed by atoms with Crippen LogP contribution in [0.5, 0.6) is 0 Å². The smallest absolute Gasteiger partial charge is 0.207 e. The summed E-state index contributed by atoms with van der Waals surface area (Å²) < 4.78 is 26.7. The van der Waals surface area contributed by atoms with Gasteiger partial charge in [-0.25, -0.2) is 18.7 Å². The lowest BCUT2D eigenvalue weighted by Crippen LogP contribution is -2.14. The molecule has 4 nitrogen and oxygen atoms in total. The van der Waals surface area contributed by atoms with Crippen molar-refractivity contribution >= 4 is 11.6 Å². The van der Waals surface area contributed by atoms with E-state index in [-0.39, 0.29) is 5.82 Å². The zero-order valence-corrected chi connectivity index (χ0v) is 9.64.